The minimum absolute atomic E-state index is 0.521. The van der Waals surface area contributed by atoms with Crippen LogP contribution in [-0.2, 0) is 23.8 Å². The van der Waals surface area contributed by atoms with Crippen molar-refractivity contribution in [1.29, 1.82) is 0 Å². The van der Waals surface area contributed by atoms with E-state index < -0.39 is 74.0 Å². The second-order valence-electron chi connectivity index (χ2n) is 5.71. The molecule has 0 aromatic carbocycles. The Morgan fingerprint density at radius 3 is 2.50 bits per heavy atom. The van der Waals surface area contributed by atoms with Crippen LogP contribution in [0.1, 0.15) is 6.92 Å². The van der Waals surface area contributed by atoms with Crippen LogP contribution >= 0.6 is 0 Å². The molecule has 2 aliphatic heterocycles. The van der Waals surface area contributed by atoms with Gasteiger partial charge in [0.25, 0.3) is 5.91 Å². The number of amides is 1. The molecule has 0 bridgehead atoms. The first-order chi connectivity index (χ1) is 11.3. The van der Waals surface area contributed by atoms with Crippen molar-refractivity contribution in [2.45, 2.75) is 55.9 Å². The zero-order chi connectivity index (χ0) is 18.0. The fourth-order valence-electron chi connectivity index (χ4n) is 2.64. The molecule has 0 radical (unpaired) electrons. The second-order valence-corrected chi connectivity index (χ2v) is 5.71. The zero-order valence-electron chi connectivity index (χ0n) is 12.8. The highest BCUT2D eigenvalue weighted by Crippen LogP contribution is 2.26. The Bertz CT molecular complexity index is 474. The molecule has 2 rings (SSSR count). The maximum absolute atomic E-state index is 11.9. The molecule has 6 N–H and O–H groups in total. The van der Waals surface area contributed by atoms with E-state index in [-0.39, 0.29) is 0 Å². The molecule has 2 saturated heterocycles. The molecular formula is C13H21NO10. The van der Waals surface area contributed by atoms with Crippen LogP contribution < -0.4 is 5.32 Å². The van der Waals surface area contributed by atoms with Crippen LogP contribution in [0.25, 0.3) is 0 Å². The van der Waals surface area contributed by atoms with Crippen molar-refractivity contribution < 1.29 is 49.3 Å². The molecule has 0 aromatic heterocycles. The van der Waals surface area contributed by atoms with E-state index in [1.165, 1.54) is 6.92 Å². The highest BCUT2D eigenvalue weighted by atomic mass is 16.7. The fourth-order valence-corrected chi connectivity index (χ4v) is 2.64. The number of aliphatic hydroxyl groups excluding tert-OH is 4. The monoisotopic (exact) mass is 351 g/mol. The van der Waals surface area contributed by atoms with Crippen molar-refractivity contribution in [3.63, 3.8) is 0 Å². The van der Waals surface area contributed by atoms with E-state index in [0.29, 0.717) is 0 Å². The fraction of sp³-hybridized carbons (Fsp3) is 0.846. The van der Waals surface area contributed by atoms with Gasteiger partial charge >= 0.3 is 5.97 Å². The molecule has 11 nitrogen and oxygen atoms in total. The van der Waals surface area contributed by atoms with E-state index >= 15 is 0 Å². The van der Waals surface area contributed by atoms with Gasteiger partial charge in [-0.25, -0.2) is 4.79 Å². The van der Waals surface area contributed by atoms with Crippen LogP contribution in [-0.4, -0.2) is 99.6 Å². The Morgan fingerprint density at radius 1 is 1.25 bits per heavy atom. The van der Waals surface area contributed by atoms with Crippen molar-refractivity contribution >= 4 is 11.9 Å². The van der Waals surface area contributed by atoms with Gasteiger partial charge in [-0.3, -0.25) is 4.79 Å². The molecule has 1 amide bonds. The van der Waals surface area contributed by atoms with Gasteiger partial charge in [0.15, 0.2) is 12.4 Å². The number of nitrogens with one attached hydrogen (secondary N) is 1. The standard InChI is InChI=1S/C13H21NO10/c1-4-7(18)8(19)9(20)13(23-4)24-10-5(2-15)14-12(21)11(10)22-3-6(16)17/h4-5,7-11,13,15,18-20H,2-3H2,1H3,(H,14,21)(H,16,17)/t4-,5+,7+,8+,9-,10+,11+,13-/m0/s1. The number of hydrogen-bond donors (Lipinski definition) is 6. The van der Waals surface area contributed by atoms with Crippen LogP contribution in [0.15, 0.2) is 0 Å². The van der Waals surface area contributed by atoms with Gasteiger partial charge in [-0.2, -0.15) is 0 Å². The normalized spacial score (nSPS) is 42.8. The lowest BCUT2D eigenvalue weighted by molar-refractivity contribution is -0.310. The predicted molar refractivity (Wildman–Crippen MR) is 73.6 cm³/mol. The highest BCUT2D eigenvalue weighted by Gasteiger charge is 2.49. The van der Waals surface area contributed by atoms with E-state index in [1.807, 2.05) is 0 Å². The minimum Gasteiger partial charge on any atom is -0.480 e. The summed E-state index contributed by atoms with van der Waals surface area (Å²) in [7, 11) is 0. The third-order valence-electron chi connectivity index (χ3n) is 3.96. The van der Waals surface area contributed by atoms with Gasteiger partial charge in [0.2, 0.25) is 0 Å². The third kappa shape index (κ3) is 3.83. The summed E-state index contributed by atoms with van der Waals surface area (Å²) < 4.78 is 15.7. The summed E-state index contributed by atoms with van der Waals surface area (Å²) in [6, 6.07) is -0.911. The Hall–Kier alpha value is -1.34. The lowest BCUT2D eigenvalue weighted by Gasteiger charge is -2.40. The smallest absolute Gasteiger partial charge is 0.329 e. The molecule has 11 heteroatoms. The Morgan fingerprint density at radius 2 is 1.92 bits per heavy atom. The van der Waals surface area contributed by atoms with Crippen LogP contribution in [0, 0.1) is 0 Å². The van der Waals surface area contributed by atoms with Gasteiger partial charge in [-0.15, -0.1) is 0 Å². The lowest BCUT2D eigenvalue weighted by Crippen LogP contribution is -2.59. The number of aliphatic hydroxyl groups is 4. The maximum atomic E-state index is 11.9. The van der Waals surface area contributed by atoms with E-state index in [0.717, 1.165) is 0 Å². The molecule has 0 unspecified atom stereocenters. The first-order valence-corrected chi connectivity index (χ1v) is 7.36. The van der Waals surface area contributed by atoms with E-state index in [9.17, 15) is 30.0 Å². The van der Waals surface area contributed by atoms with Gasteiger partial charge in [0.1, 0.15) is 31.0 Å². The van der Waals surface area contributed by atoms with Crippen molar-refractivity contribution in [1.82, 2.24) is 5.32 Å². The lowest BCUT2D eigenvalue weighted by atomic mass is 10.00. The van der Waals surface area contributed by atoms with Gasteiger partial charge in [0, 0.05) is 0 Å². The molecule has 0 aromatic rings. The number of aliphatic carboxylic acids is 1. The molecule has 24 heavy (non-hydrogen) atoms. The minimum atomic E-state index is -1.61. The van der Waals surface area contributed by atoms with Crippen molar-refractivity contribution in [2.24, 2.45) is 0 Å². The number of rotatable bonds is 6. The first-order valence-electron chi connectivity index (χ1n) is 7.36. The molecule has 0 spiro atoms. The van der Waals surface area contributed by atoms with Crippen LogP contribution in [0.3, 0.4) is 0 Å². The van der Waals surface area contributed by atoms with Gasteiger partial charge in [-0.1, -0.05) is 0 Å². The van der Waals surface area contributed by atoms with Crippen molar-refractivity contribution in [3.8, 4) is 0 Å². The van der Waals surface area contributed by atoms with Crippen LogP contribution in [0.2, 0.25) is 0 Å². The molecule has 0 saturated carbocycles. The Labute approximate surface area is 136 Å². The summed E-state index contributed by atoms with van der Waals surface area (Å²) in [4.78, 5) is 22.5. The number of carboxylic acid groups (broad SMARTS) is 1. The summed E-state index contributed by atoms with van der Waals surface area (Å²) in [5.74, 6) is -1.98. The van der Waals surface area contributed by atoms with Crippen LogP contribution in [0.4, 0.5) is 0 Å². The van der Waals surface area contributed by atoms with E-state index in [1.54, 1.807) is 0 Å². The van der Waals surface area contributed by atoms with Gasteiger partial charge in [0.05, 0.1) is 18.8 Å². The first kappa shape index (κ1) is 19.0. The average molecular weight is 351 g/mol. The number of hydrogen-bond acceptors (Lipinski definition) is 9. The molecule has 2 fully saturated rings. The Kier molecular flexibility index (Phi) is 6.09. The largest absolute Gasteiger partial charge is 0.480 e. The van der Waals surface area contributed by atoms with Gasteiger partial charge < -0.3 is 45.1 Å². The number of carboxylic acids is 1. The maximum Gasteiger partial charge on any atom is 0.329 e. The van der Waals surface area contributed by atoms with Crippen molar-refractivity contribution in [3.05, 3.63) is 0 Å². The quantitative estimate of drug-likeness (QED) is 0.278. The molecule has 2 aliphatic rings. The molecule has 138 valence electrons. The number of ether oxygens (including phenoxy) is 3. The summed E-state index contributed by atoms with van der Waals surface area (Å²) >= 11 is 0. The average Bonchev–Trinajstić information content (AvgIpc) is 2.83. The number of carbonyl (C=O) groups is 2. The molecule has 2 heterocycles. The SMILES string of the molecule is C[C@@H]1O[C@@H](O[C@@H]2[C@@H](CO)NC(=O)[C@@H]2OCC(=O)O)[C@@H](O)[C@H](O)[C@@H]1O. The highest BCUT2D eigenvalue weighted by molar-refractivity contribution is 5.85. The van der Waals surface area contributed by atoms with Crippen molar-refractivity contribution in [2.75, 3.05) is 13.2 Å². The topological polar surface area (TPSA) is 175 Å². The Balaban J connectivity index is 2.11. The van der Waals surface area contributed by atoms with E-state index in [4.69, 9.17) is 19.3 Å². The van der Waals surface area contributed by atoms with Crippen LogP contribution in [0.5, 0.6) is 0 Å². The summed E-state index contributed by atoms with van der Waals surface area (Å²) in [5.41, 5.74) is 0. The third-order valence-corrected chi connectivity index (χ3v) is 3.96. The second kappa shape index (κ2) is 7.70. The predicted octanol–water partition coefficient (Wildman–Crippen LogP) is -3.84. The van der Waals surface area contributed by atoms with Gasteiger partial charge in [-0.05, 0) is 6.92 Å². The molecule has 8 atom stereocenters. The van der Waals surface area contributed by atoms with E-state index in [2.05, 4.69) is 5.32 Å². The molecule has 0 aliphatic carbocycles. The zero-order valence-corrected chi connectivity index (χ0v) is 12.8. The summed E-state index contributed by atoms with van der Waals surface area (Å²) in [6.07, 6.45) is -9.22. The summed E-state index contributed by atoms with van der Waals surface area (Å²) in [5, 5.41) is 49.7. The molecular weight excluding hydrogens is 330 g/mol. The number of carbonyl (C=O) groups excluding carboxylic acids is 1. The summed E-state index contributed by atoms with van der Waals surface area (Å²) in [6.45, 7) is 0.172.